The second-order valence-electron chi connectivity index (χ2n) is 3.53. The molecule has 2 heterocycles. The van der Waals surface area contributed by atoms with E-state index in [1.807, 2.05) is 26.0 Å². The summed E-state index contributed by atoms with van der Waals surface area (Å²) < 4.78 is 1.14. The van der Waals surface area contributed by atoms with Crippen LogP contribution in [-0.2, 0) is 6.54 Å². The average Bonchev–Trinajstić information content (AvgIpc) is 2.60. The van der Waals surface area contributed by atoms with Gasteiger partial charge in [-0.1, -0.05) is 0 Å². The minimum atomic E-state index is 0.696. The Bertz CT molecular complexity index is 475. The molecule has 0 aliphatic rings. The van der Waals surface area contributed by atoms with Gasteiger partial charge < -0.3 is 5.32 Å². The summed E-state index contributed by atoms with van der Waals surface area (Å²) in [5.41, 5.74) is 1.98. The Kier molecular flexibility index (Phi) is 3.56. The van der Waals surface area contributed by atoms with E-state index in [-0.39, 0.29) is 0 Å². The molecule has 2 aromatic rings. The molecule has 0 spiro atoms. The van der Waals surface area contributed by atoms with Gasteiger partial charge in [-0.05, 0) is 48.0 Å². The highest BCUT2D eigenvalue weighted by molar-refractivity contribution is 9.11. The number of thiophene rings is 1. The quantitative estimate of drug-likeness (QED) is 0.942. The summed E-state index contributed by atoms with van der Waals surface area (Å²) in [5, 5.41) is 3.22. The molecule has 0 aliphatic heterocycles. The summed E-state index contributed by atoms with van der Waals surface area (Å²) in [5.74, 6) is 0.696. The molecular formula is C11H12BrN3S. The Hall–Kier alpha value is -0.940. The van der Waals surface area contributed by atoms with Crippen LogP contribution in [0.5, 0.6) is 0 Å². The van der Waals surface area contributed by atoms with Crippen molar-refractivity contribution in [3.63, 3.8) is 0 Å². The molecule has 0 aliphatic carbocycles. The molecular weight excluding hydrogens is 286 g/mol. The van der Waals surface area contributed by atoms with Crippen LogP contribution in [0.2, 0.25) is 0 Å². The van der Waals surface area contributed by atoms with Gasteiger partial charge in [0.05, 0.1) is 10.3 Å². The number of hydrogen-bond donors (Lipinski definition) is 1. The minimum absolute atomic E-state index is 0.696. The van der Waals surface area contributed by atoms with E-state index in [2.05, 4.69) is 37.3 Å². The van der Waals surface area contributed by atoms with Crippen molar-refractivity contribution < 1.29 is 0 Å². The number of hydrogen-bond acceptors (Lipinski definition) is 4. The SMILES string of the molecule is Cc1cc(C)nc(NCc2ccc(Br)s2)n1. The molecule has 5 heteroatoms. The highest BCUT2D eigenvalue weighted by Gasteiger charge is 2.01. The van der Waals surface area contributed by atoms with Gasteiger partial charge in [0.15, 0.2) is 0 Å². The Labute approximate surface area is 107 Å². The largest absolute Gasteiger partial charge is 0.349 e. The average molecular weight is 298 g/mol. The molecule has 3 nitrogen and oxygen atoms in total. The van der Waals surface area contributed by atoms with E-state index < -0.39 is 0 Å². The molecule has 16 heavy (non-hydrogen) atoms. The van der Waals surface area contributed by atoms with E-state index in [1.165, 1.54) is 4.88 Å². The lowest BCUT2D eigenvalue weighted by atomic mass is 10.3. The number of halogens is 1. The second-order valence-corrected chi connectivity index (χ2v) is 6.08. The summed E-state index contributed by atoms with van der Waals surface area (Å²) in [6.07, 6.45) is 0. The highest BCUT2D eigenvalue weighted by atomic mass is 79.9. The first-order valence-electron chi connectivity index (χ1n) is 4.94. The molecule has 0 atom stereocenters. The minimum Gasteiger partial charge on any atom is -0.349 e. The van der Waals surface area contributed by atoms with Crippen molar-refractivity contribution in [1.82, 2.24) is 9.97 Å². The van der Waals surface area contributed by atoms with Crippen LogP contribution >= 0.6 is 27.3 Å². The number of rotatable bonds is 3. The Morgan fingerprint density at radius 2 is 1.94 bits per heavy atom. The number of anilines is 1. The molecule has 0 saturated heterocycles. The smallest absolute Gasteiger partial charge is 0.223 e. The molecule has 0 unspecified atom stereocenters. The van der Waals surface area contributed by atoms with Gasteiger partial charge in [-0.15, -0.1) is 11.3 Å². The zero-order chi connectivity index (χ0) is 11.5. The molecule has 0 fully saturated rings. The summed E-state index contributed by atoms with van der Waals surface area (Å²) in [7, 11) is 0. The van der Waals surface area contributed by atoms with E-state index in [9.17, 15) is 0 Å². The lowest BCUT2D eigenvalue weighted by Gasteiger charge is -2.04. The summed E-state index contributed by atoms with van der Waals surface area (Å²) in [4.78, 5) is 9.91. The van der Waals surface area contributed by atoms with Crippen LogP contribution in [0, 0.1) is 13.8 Å². The normalized spacial score (nSPS) is 10.4. The van der Waals surface area contributed by atoms with Crippen LogP contribution in [0.25, 0.3) is 0 Å². The molecule has 0 aromatic carbocycles. The molecule has 0 amide bonds. The Morgan fingerprint density at radius 3 is 2.50 bits per heavy atom. The van der Waals surface area contributed by atoms with Gasteiger partial charge in [-0.3, -0.25) is 0 Å². The first kappa shape index (κ1) is 11.5. The molecule has 0 radical (unpaired) electrons. The fourth-order valence-corrected chi connectivity index (χ4v) is 2.84. The predicted octanol–water partition coefficient (Wildman–Crippen LogP) is 3.53. The highest BCUT2D eigenvalue weighted by Crippen LogP contribution is 2.22. The zero-order valence-electron chi connectivity index (χ0n) is 9.12. The molecule has 0 bridgehead atoms. The summed E-state index contributed by atoms with van der Waals surface area (Å²) in [6.45, 7) is 4.71. The van der Waals surface area contributed by atoms with E-state index in [1.54, 1.807) is 11.3 Å². The zero-order valence-corrected chi connectivity index (χ0v) is 11.5. The van der Waals surface area contributed by atoms with Gasteiger partial charge in [-0.2, -0.15) is 0 Å². The molecule has 0 saturated carbocycles. The summed E-state index contributed by atoms with van der Waals surface area (Å²) in [6, 6.07) is 6.10. The van der Waals surface area contributed by atoms with Crippen LogP contribution in [0.1, 0.15) is 16.3 Å². The van der Waals surface area contributed by atoms with Crippen LogP contribution in [0.15, 0.2) is 22.0 Å². The third-order valence-corrected chi connectivity index (χ3v) is 3.66. The second kappa shape index (κ2) is 4.93. The molecule has 2 aromatic heterocycles. The van der Waals surface area contributed by atoms with Crippen LogP contribution in [0.4, 0.5) is 5.95 Å². The van der Waals surface area contributed by atoms with Crippen molar-refractivity contribution in [3.8, 4) is 0 Å². The van der Waals surface area contributed by atoms with Gasteiger partial charge in [0.25, 0.3) is 0 Å². The summed E-state index contributed by atoms with van der Waals surface area (Å²) >= 11 is 5.16. The Morgan fingerprint density at radius 1 is 1.25 bits per heavy atom. The van der Waals surface area contributed by atoms with Crippen LogP contribution < -0.4 is 5.32 Å². The molecule has 1 N–H and O–H groups in total. The lowest BCUT2D eigenvalue weighted by Crippen LogP contribution is -2.04. The predicted molar refractivity (Wildman–Crippen MR) is 70.9 cm³/mol. The van der Waals surface area contributed by atoms with Crippen molar-refractivity contribution in [1.29, 1.82) is 0 Å². The maximum absolute atomic E-state index is 4.33. The third kappa shape index (κ3) is 3.02. The monoisotopic (exact) mass is 297 g/mol. The van der Waals surface area contributed by atoms with Crippen molar-refractivity contribution in [2.24, 2.45) is 0 Å². The number of nitrogens with zero attached hydrogens (tertiary/aromatic N) is 2. The van der Waals surface area contributed by atoms with E-state index in [4.69, 9.17) is 0 Å². The fraction of sp³-hybridized carbons (Fsp3) is 0.273. The lowest BCUT2D eigenvalue weighted by molar-refractivity contribution is 1.01. The first-order chi connectivity index (χ1) is 7.63. The van der Waals surface area contributed by atoms with Crippen molar-refractivity contribution in [2.75, 3.05) is 5.32 Å². The van der Waals surface area contributed by atoms with Gasteiger partial charge in [-0.25, -0.2) is 9.97 Å². The molecule has 2 rings (SSSR count). The van der Waals surface area contributed by atoms with Crippen molar-refractivity contribution in [3.05, 3.63) is 38.3 Å². The third-order valence-electron chi connectivity index (χ3n) is 2.03. The van der Waals surface area contributed by atoms with Crippen molar-refractivity contribution in [2.45, 2.75) is 20.4 Å². The Balaban J connectivity index is 2.04. The van der Waals surface area contributed by atoms with Crippen molar-refractivity contribution >= 4 is 33.2 Å². The maximum Gasteiger partial charge on any atom is 0.223 e. The van der Waals surface area contributed by atoms with E-state index in [0.717, 1.165) is 21.7 Å². The van der Waals surface area contributed by atoms with Gasteiger partial charge in [0.2, 0.25) is 5.95 Å². The molecule has 84 valence electrons. The van der Waals surface area contributed by atoms with Crippen LogP contribution in [0.3, 0.4) is 0 Å². The topological polar surface area (TPSA) is 37.8 Å². The number of aryl methyl sites for hydroxylation is 2. The standard InChI is InChI=1S/C11H12BrN3S/c1-7-5-8(2)15-11(14-7)13-6-9-3-4-10(12)16-9/h3-5H,6H2,1-2H3,(H,13,14,15). The first-order valence-corrected chi connectivity index (χ1v) is 6.55. The van der Waals surface area contributed by atoms with Crippen LogP contribution in [-0.4, -0.2) is 9.97 Å². The van der Waals surface area contributed by atoms with Gasteiger partial charge >= 0.3 is 0 Å². The van der Waals surface area contributed by atoms with E-state index >= 15 is 0 Å². The van der Waals surface area contributed by atoms with Gasteiger partial charge in [0, 0.05) is 16.3 Å². The number of aromatic nitrogens is 2. The van der Waals surface area contributed by atoms with E-state index in [0.29, 0.717) is 5.95 Å². The fourth-order valence-electron chi connectivity index (χ4n) is 1.42. The number of nitrogens with one attached hydrogen (secondary N) is 1. The van der Waals surface area contributed by atoms with Gasteiger partial charge in [0.1, 0.15) is 0 Å². The maximum atomic E-state index is 4.33.